The molecule has 2 saturated carbocycles. The van der Waals surface area contributed by atoms with Crippen LogP contribution in [0.4, 0.5) is 0 Å². The molecular formula is C17H24ClNO. The summed E-state index contributed by atoms with van der Waals surface area (Å²) < 4.78 is 6.34. The molecule has 2 nitrogen and oxygen atoms in total. The highest BCUT2D eigenvalue weighted by Gasteiger charge is 2.39. The second-order valence-electron chi connectivity index (χ2n) is 6.22. The summed E-state index contributed by atoms with van der Waals surface area (Å²) in [5, 5.41) is 4.44. The highest BCUT2D eigenvalue weighted by atomic mass is 35.5. The third-order valence-electron chi connectivity index (χ3n) is 4.59. The molecule has 0 aromatic heterocycles. The quantitative estimate of drug-likeness (QED) is 0.807. The lowest BCUT2D eigenvalue weighted by atomic mass is 9.77. The van der Waals surface area contributed by atoms with E-state index in [1.54, 1.807) is 0 Å². The molecule has 3 rings (SSSR count). The third kappa shape index (κ3) is 3.29. The zero-order valence-electron chi connectivity index (χ0n) is 12.3. The largest absolute Gasteiger partial charge is 0.487 e. The van der Waals surface area contributed by atoms with Crippen molar-refractivity contribution >= 4 is 11.6 Å². The summed E-state index contributed by atoms with van der Waals surface area (Å²) in [7, 11) is 0. The molecule has 0 radical (unpaired) electrons. The topological polar surface area (TPSA) is 21.3 Å². The molecule has 0 amide bonds. The lowest BCUT2D eigenvalue weighted by molar-refractivity contribution is -0.0143. The lowest BCUT2D eigenvalue weighted by Gasteiger charge is -2.42. The Morgan fingerprint density at radius 3 is 2.75 bits per heavy atom. The average molecular weight is 294 g/mol. The van der Waals surface area contributed by atoms with Crippen molar-refractivity contribution in [3.63, 3.8) is 0 Å². The van der Waals surface area contributed by atoms with Crippen molar-refractivity contribution in [3.05, 3.63) is 28.8 Å². The van der Waals surface area contributed by atoms with Gasteiger partial charge in [0.2, 0.25) is 0 Å². The maximum atomic E-state index is 6.34. The van der Waals surface area contributed by atoms with Gasteiger partial charge in [-0.1, -0.05) is 18.5 Å². The summed E-state index contributed by atoms with van der Waals surface area (Å²) in [5.74, 6) is 0.984. The minimum atomic E-state index is 0.0702. The average Bonchev–Trinajstić information content (AvgIpc) is 3.22. The Bertz CT molecular complexity index is 466. The van der Waals surface area contributed by atoms with E-state index in [1.165, 1.54) is 37.7 Å². The van der Waals surface area contributed by atoms with Gasteiger partial charge in [0.05, 0.1) is 0 Å². The third-order valence-corrected chi connectivity index (χ3v) is 4.96. The second kappa shape index (κ2) is 5.95. The number of hydrogen-bond donors (Lipinski definition) is 1. The molecule has 0 atom stereocenters. The number of benzene rings is 1. The maximum Gasteiger partial charge on any atom is 0.120 e. The zero-order valence-corrected chi connectivity index (χ0v) is 13.0. The fourth-order valence-electron chi connectivity index (χ4n) is 2.90. The molecule has 110 valence electrons. The maximum absolute atomic E-state index is 6.34. The van der Waals surface area contributed by atoms with Gasteiger partial charge in [0.25, 0.3) is 0 Å². The number of aryl methyl sites for hydroxylation is 1. The van der Waals surface area contributed by atoms with Crippen LogP contribution in [-0.4, -0.2) is 18.2 Å². The first-order valence-corrected chi connectivity index (χ1v) is 8.29. The van der Waals surface area contributed by atoms with E-state index >= 15 is 0 Å². The van der Waals surface area contributed by atoms with Gasteiger partial charge in [-0.2, -0.15) is 0 Å². The molecule has 0 unspecified atom stereocenters. The molecule has 0 bridgehead atoms. The fourth-order valence-corrected chi connectivity index (χ4v) is 3.15. The van der Waals surface area contributed by atoms with E-state index < -0.39 is 0 Å². The monoisotopic (exact) mass is 293 g/mol. The van der Waals surface area contributed by atoms with E-state index in [0.717, 1.165) is 36.2 Å². The molecule has 0 spiro atoms. The van der Waals surface area contributed by atoms with Crippen molar-refractivity contribution in [1.82, 2.24) is 5.32 Å². The van der Waals surface area contributed by atoms with E-state index in [1.807, 2.05) is 12.1 Å². The summed E-state index contributed by atoms with van der Waals surface area (Å²) in [5.41, 5.74) is 1.25. The van der Waals surface area contributed by atoms with Crippen LogP contribution in [0.25, 0.3) is 0 Å². The molecule has 20 heavy (non-hydrogen) atoms. The Morgan fingerprint density at radius 1 is 1.35 bits per heavy atom. The molecular weight excluding hydrogens is 270 g/mol. The van der Waals surface area contributed by atoms with Gasteiger partial charge in [0, 0.05) is 11.1 Å². The number of rotatable bonds is 7. The Kier molecular flexibility index (Phi) is 4.23. The van der Waals surface area contributed by atoms with Crippen LogP contribution in [0.15, 0.2) is 18.2 Å². The predicted molar refractivity (Wildman–Crippen MR) is 83.7 cm³/mol. The molecule has 1 aromatic carbocycles. The van der Waals surface area contributed by atoms with Crippen molar-refractivity contribution in [2.75, 3.05) is 6.54 Å². The highest BCUT2D eigenvalue weighted by Crippen LogP contribution is 2.40. The summed E-state index contributed by atoms with van der Waals surface area (Å²) in [4.78, 5) is 0. The van der Waals surface area contributed by atoms with Crippen LogP contribution in [-0.2, 0) is 6.42 Å². The number of halogens is 1. The van der Waals surface area contributed by atoms with Gasteiger partial charge in [-0.05, 0) is 75.3 Å². The van der Waals surface area contributed by atoms with Crippen LogP contribution in [0.2, 0.25) is 5.02 Å². The molecule has 1 aromatic rings. The zero-order chi connectivity index (χ0) is 14.0. The SMILES string of the molecule is CCc1cc(OC2(CCNC3CC3)CCC2)ccc1Cl. The molecule has 0 saturated heterocycles. The van der Waals surface area contributed by atoms with Gasteiger partial charge in [-0.3, -0.25) is 0 Å². The molecule has 2 aliphatic rings. The van der Waals surface area contributed by atoms with Crippen LogP contribution in [0.5, 0.6) is 5.75 Å². The Balaban J connectivity index is 1.61. The summed E-state index contributed by atoms with van der Waals surface area (Å²) >= 11 is 6.18. The van der Waals surface area contributed by atoms with Gasteiger partial charge in [-0.25, -0.2) is 0 Å². The van der Waals surface area contributed by atoms with Gasteiger partial charge in [0.15, 0.2) is 0 Å². The molecule has 3 heteroatoms. The Morgan fingerprint density at radius 2 is 2.15 bits per heavy atom. The molecule has 0 heterocycles. The lowest BCUT2D eigenvalue weighted by Crippen LogP contribution is -2.45. The predicted octanol–water partition coefficient (Wildman–Crippen LogP) is 4.35. The highest BCUT2D eigenvalue weighted by molar-refractivity contribution is 6.31. The first kappa shape index (κ1) is 14.2. The van der Waals surface area contributed by atoms with Gasteiger partial charge < -0.3 is 10.1 Å². The second-order valence-corrected chi connectivity index (χ2v) is 6.63. The van der Waals surface area contributed by atoms with Gasteiger partial charge >= 0.3 is 0 Å². The molecule has 2 fully saturated rings. The van der Waals surface area contributed by atoms with Gasteiger partial charge in [0.1, 0.15) is 11.4 Å². The molecule has 2 aliphatic carbocycles. The Hall–Kier alpha value is -0.730. The minimum absolute atomic E-state index is 0.0702. The smallest absolute Gasteiger partial charge is 0.120 e. The summed E-state index contributed by atoms with van der Waals surface area (Å²) in [6.07, 6.45) is 8.43. The van der Waals surface area contributed by atoms with Gasteiger partial charge in [-0.15, -0.1) is 0 Å². The van der Waals surface area contributed by atoms with E-state index in [9.17, 15) is 0 Å². The van der Waals surface area contributed by atoms with Crippen LogP contribution in [0.3, 0.4) is 0 Å². The Labute approximate surface area is 126 Å². The summed E-state index contributed by atoms with van der Waals surface area (Å²) in [6.45, 7) is 3.21. The normalized spacial score (nSPS) is 20.5. The van der Waals surface area contributed by atoms with E-state index in [0.29, 0.717) is 0 Å². The van der Waals surface area contributed by atoms with E-state index in [2.05, 4.69) is 18.3 Å². The van der Waals surface area contributed by atoms with Crippen LogP contribution in [0, 0.1) is 0 Å². The fraction of sp³-hybridized carbons (Fsp3) is 0.647. The van der Waals surface area contributed by atoms with Crippen LogP contribution < -0.4 is 10.1 Å². The van der Waals surface area contributed by atoms with Crippen molar-refractivity contribution in [3.8, 4) is 5.75 Å². The van der Waals surface area contributed by atoms with Crippen LogP contribution >= 0.6 is 11.6 Å². The number of nitrogens with one attached hydrogen (secondary N) is 1. The standard InChI is InChI=1S/C17H24ClNO/c1-2-13-12-15(6-7-16(13)18)20-17(8-3-9-17)10-11-19-14-4-5-14/h6-7,12,14,19H,2-5,8-11H2,1H3. The summed E-state index contributed by atoms with van der Waals surface area (Å²) in [6, 6.07) is 6.87. The van der Waals surface area contributed by atoms with Crippen molar-refractivity contribution in [2.45, 2.75) is 63.5 Å². The first-order chi connectivity index (χ1) is 9.71. The van der Waals surface area contributed by atoms with Crippen molar-refractivity contribution < 1.29 is 4.74 Å². The first-order valence-electron chi connectivity index (χ1n) is 7.92. The van der Waals surface area contributed by atoms with Crippen molar-refractivity contribution in [1.29, 1.82) is 0 Å². The number of ether oxygens (including phenoxy) is 1. The van der Waals surface area contributed by atoms with E-state index in [4.69, 9.17) is 16.3 Å². The molecule has 0 aliphatic heterocycles. The molecule has 1 N–H and O–H groups in total. The van der Waals surface area contributed by atoms with Crippen molar-refractivity contribution in [2.24, 2.45) is 0 Å². The van der Waals surface area contributed by atoms with Crippen LogP contribution in [0.1, 0.15) is 51.0 Å². The number of hydrogen-bond acceptors (Lipinski definition) is 2. The minimum Gasteiger partial charge on any atom is -0.487 e. The van der Waals surface area contributed by atoms with E-state index in [-0.39, 0.29) is 5.60 Å².